The van der Waals surface area contributed by atoms with E-state index in [1.807, 2.05) is 24.3 Å². The van der Waals surface area contributed by atoms with Gasteiger partial charge in [0.1, 0.15) is 6.10 Å². The van der Waals surface area contributed by atoms with Crippen molar-refractivity contribution < 1.29 is 9.53 Å². The van der Waals surface area contributed by atoms with Gasteiger partial charge in [0, 0.05) is 12.3 Å². The molecule has 0 atom stereocenters. The van der Waals surface area contributed by atoms with Crippen molar-refractivity contribution in [3.8, 4) is 5.88 Å². The highest BCUT2D eigenvalue weighted by atomic mass is 35.5. The van der Waals surface area contributed by atoms with Gasteiger partial charge in [-0.25, -0.2) is 9.97 Å². The zero-order chi connectivity index (χ0) is 15.8. The second-order valence-electron chi connectivity index (χ2n) is 5.25. The molecule has 7 heteroatoms. The van der Waals surface area contributed by atoms with Crippen LogP contribution in [-0.2, 0) is 0 Å². The number of ether oxygens (including phenoxy) is 1. The van der Waals surface area contributed by atoms with Gasteiger partial charge < -0.3 is 9.64 Å². The van der Waals surface area contributed by atoms with Gasteiger partial charge in [-0.05, 0) is 18.2 Å². The monoisotopic (exact) mass is 345 g/mol. The van der Waals surface area contributed by atoms with E-state index in [4.69, 9.17) is 16.3 Å². The minimum Gasteiger partial charge on any atom is -0.471 e. The fraction of sp³-hybridized carbons (Fsp3) is 0.188. The molecule has 0 spiro atoms. The third kappa shape index (κ3) is 2.87. The van der Waals surface area contributed by atoms with Crippen LogP contribution < -0.4 is 4.74 Å². The molecule has 2 aromatic heterocycles. The van der Waals surface area contributed by atoms with Gasteiger partial charge in [-0.2, -0.15) is 0 Å². The van der Waals surface area contributed by atoms with E-state index in [2.05, 4.69) is 9.97 Å². The summed E-state index contributed by atoms with van der Waals surface area (Å²) < 4.78 is 6.72. The highest BCUT2D eigenvalue weighted by Gasteiger charge is 2.34. The number of likely N-dealkylation sites (tertiary alicyclic amines) is 1. The van der Waals surface area contributed by atoms with Gasteiger partial charge in [0.2, 0.25) is 5.88 Å². The molecule has 23 heavy (non-hydrogen) atoms. The molecule has 0 radical (unpaired) electrons. The lowest BCUT2D eigenvalue weighted by Crippen LogP contribution is -2.56. The molecule has 0 unspecified atom stereocenters. The van der Waals surface area contributed by atoms with Crippen molar-refractivity contribution >= 4 is 39.1 Å². The quantitative estimate of drug-likeness (QED) is 0.731. The van der Waals surface area contributed by atoms with E-state index in [0.29, 0.717) is 29.0 Å². The number of thiazole rings is 1. The normalized spacial score (nSPS) is 14.7. The van der Waals surface area contributed by atoms with Crippen LogP contribution in [0.15, 0.2) is 42.6 Å². The molecule has 0 N–H and O–H groups in total. The van der Waals surface area contributed by atoms with Crippen molar-refractivity contribution in [1.29, 1.82) is 0 Å². The molecule has 1 fully saturated rings. The van der Waals surface area contributed by atoms with Crippen molar-refractivity contribution in [2.24, 2.45) is 0 Å². The van der Waals surface area contributed by atoms with E-state index in [9.17, 15) is 4.79 Å². The Morgan fingerprint density at radius 3 is 2.83 bits per heavy atom. The third-order valence-corrected chi connectivity index (χ3v) is 4.85. The molecular weight excluding hydrogens is 334 g/mol. The summed E-state index contributed by atoms with van der Waals surface area (Å²) in [6.07, 6.45) is 1.50. The molecule has 0 bridgehead atoms. The predicted octanol–water partition coefficient (Wildman–Crippen LogP) is 3.25. The highest BCUT2D eigenvalue weighted by molar-refractivity contribution is 7.20. The smallest absolute Gasteiger partial charge is 0.283 e. The van der Waals surface area contributed by atoms with Crippen molar-refractivity contribution in [3.05, 3.63) is 52.6 Å². The number of halogens is 1. The molecule has 1 saturated heterocycles. The van der Waals surface area contributed by atoms with Crippen molar-refractivity contribution in [1.82, 2.24) is 14.9 Å². The van der Waals surface area contributed by atoms with E-state index in [1.165, 1.54) is 11.3 Å². The molecule has 0 aliphatic carbocycles. The van der Waals surface area contributed by atoms with Gasteiger partial charge in [-0.3, -0.25) is 4.79 Å². The molecule has 1 amide bonds. The molecule has 1 aliphatic rings. The van der Waals surface area contributed by atoms with E-state index < -0.39 is 0 Å². The largest absolute Gasteiger partial charge is 0.471 e. The topological polar surface area (TPSA) is 55.3 Å². The Hall–Kier alpha value is -2.18. The Morgan fingerprint density at radius 1 is 1.26 bits per heavy atom. The summed E-state index contributed by atoms with van der Waals surface area (Å²) in [5.41, 5.74) is 0.861. The van der Waals surface area contributed by atoms with Gasteiger partial charge in [-0.1, -0.05) is 23.7 Å². The van der Waals surface area contributed by atoms with E-state index in [1.54, 1.807) is 23.2 Å². The first kappa shape index (κ1) is 14.4. The average Bonchev–Trinajstić information content (AvgIpc) is 2.96. The average molecular weight is 346 g/mol. The summed E-state index contributed by atoms with van der Waals surface area (Å²) in [5, 5.41) is 1.09. The Kier molecular flexibility index (Phi) is 3.63. The molecular formula is C16H12ClN3O2S. The van der Waals surface area contributed by atoms with Crippen LogP contribution in [-0.4, -0.2) is 40.0 Å². The van der Waals surface area contributed by atoms with Crippen LogP contribution in [0, 0.1) is 0 Å². The number of para-hydroxylation sites is 1. The zero-order valence-corrected chi connectivity index (χ0v) is 13.5. The number of carbonyl (C=O) groups is 1. The number of fused-ring (bicyclic) bond motifs is 1. The summed E-state index contributed by atoms with van der Waals surface area (Å²) in [7, 11) is 0. The maximum atomic E-state index is 12.4. The Labute approximate surface area is 141 Å². The van der Waals surface area contributed by atoms with E-state index in [0.717, 1.165) is 10.2 Å². The number of rotatable bonds is 3. The van der Waals surface area contributed by atoms with E-state index >= 15 is 0 Å². The first-order chi connectivity index (χ1) is 11.2. The van der Waals surface area contributed by atoms with Crippen LogP contribution in [0.5, 0.6) is 5.88 Å². The second kappa shape index (κ2) is 5.79. The fourth-order valence-corrected chi connectivity index (χ4v) is 3.43. The van der Waals surface area contributed by atoms with E-state index in [-0.39, 0.29) is 12.0 Å². The van der Waals surface area contributed by atoms with Gasteiger partial charge in [-0.15, -0.1) is 11.3 Å². The lowest BCUT2D eigenvalue weighted by atomic mass is 10.1. The summed E-state index contributed by atoms with van der Waals surface area (Å²) >= 11 is 7.21. The Morgan fingerprint density at radius 2 is 2.09 bits per heavy atom. The van der Waals surface area contributed by atoms with Gasteiger partial charge in [0.25, 0.3) is 5.91 Å². The molecule has 5 nitrogen and oxygen atoms in total. The van der Waals surface area contributed by atoms with Crippen molar-refractivity contribution in [2.45, 2.75) is 6.10 Å². The number of nitrogens with zero attached hydrogens (tertiary/aromatic N) is 3. The Bertz CT molecular complexity index is 826. The number of carbonyl (C=O) groups excluding carboxylic acids is 1. The molecule has 3 aromatic rings. The fourth-order valence-electron chi connectivity index (χ4n) is 2.38. The van der Waals surface area contributed by atoms with Crippen molar-refractivity contribution in [2.75, 3.05) is 13.1 Å². The number of aromatic nitrogens is 2. The summed E-state index contributed by atoms with van der Waals surface area (Å²) in [4.78, 5) is 22.6. The van der Waals surface area contributed by atoms with Crippen LogP contribution in [0.3, 0.4) is 0 Å². The van der Waals surface area contributed by atoms with Crippen LogP contribution in [0.25, 0.3) is 10.2 Å². The first-order valence-electron chi connectivity index (χ1n) is 7.12. The van der Waals surface area contributed by atoms with Gasteiger partial charge >= 0.3 is 0 Å². The molecule has 1 aromatic carbocycles. The van der Waals surface area contributed by atoms with Crippen LogP contribution in [0.1, 0.15) is 9.80 Å². The standard InChI is InChI=1S/C16H12ClN3O2S/c17-10-5-6-14(18-7-10)22-11-8-20(9-11)16(21)15-19-12-3-1-2-4-13(12)23-15/h1-7,11H,8-9H2. The zero-order valence-electron chi connectivity index (χ0n) is 12.0. The third-order valence-electron chi connectivity index (χ3n) is 3.60. The van der Waals surface area contributed by atoms with Crippen LogP contribution in [0.4, 0.5) is 0 Å². The molecule has 4 rings (SSSR count). The minimum atomic E-state index is -0.0462. The molecule has 0 saturated carbocycles. The minimum absolute atomic E-state index is 0.0398. The lowest BCUT2D eigenvalue weighted by Gasteiger charge is -2.38. The van der Waals surface area contributed by atoms with Crippen LogP contribution >= 0.6 is 22.9 Å². The molecule has 1 aliphatic heterocycles. The predicted molar refractivity (Wildman–Crippen MR) is 89.2 cm³/mol. The maximum absolute atomic E-state index is 12.4. The first-order valence-corrected chi connectivity index (χ1v) is 8.31. The highest BCUT2D eigenvalue weighted by Crippen LogP contribution is 2.25. The summed E-state index contributed by atoms with van der Waals surface area (Å²) in [5.74, 6) is 0.474. The second-order valence-corrected chi connectivity index (χ2v) is 6.72. The maximum Gasteiger partial charge on any atom is 0.283 e. The lowest BCUT2D eigenvalue weighted by molar-refractivity contribution is 0.0160. The van der Waals surface area contributed by atoms with Crippen molar-refractivity contribution in [3.63, 3.8) is 0 Å². The molecule has 116 valence electrons. The summed E-state index contributed by atoms with van der Waals surface area (Å²) in [6.45, 7) is 1.08. The summed E-state index contributed by atoms with van der Waals surface area (Å²) in [6, 6.07) is 11.2. The van der Waals surface area contributed by atoms with Crippen LogP contribution in [0.2, 0.25) is 5.02 Å². The number of pyridine rings is 1. The number of amides is 1. The Balaban J connectivity index is 1.39. The number of benzene rings is 1. The van der Waals surface area contributed by atoms with Gasteiger partial charge in [0.15, 0.2) is 5.01 Å². The number of hydrogen-bond donors (Lipinski definition) is 0. The van der Waals surface area contributed by atoms with Gasteiger partial charge in [0.05, 0.1) is 28.3 Å². The SMILES string of the molecule is O=C(c1nc2ccccc2s1)N1CC(Oc2ccc(Cl)cn2)C1. The molecule has 3 heterocycles. The number of hydrogen-bond acceptors (Lipinski definition) is 5.